The van der Waals surface area contributed by atoms with Gasteiger partial charge in [-0.1, -0.05) is 36.8 Å². The average Bonchev–Trinajstić information content (AvgIpc) is 2.95. The molecule has 1 aliphatic heterocycles. The molecule has 0 fully saturated rings. The third-order valence-electron chi connectivity index (χ3n) is 4.39. The molecule has 0 amide bonds. The van der Waals surface area contributed by atoms with Crippen LogP contribution in [0.25, 0.3) is 0 Å². The van der Waals surface area contributed by atoms with Gasteiger partial charge in [-0.15, -0.1) is 0 Å². The number of sulfone groups is 1. The van der Waals surface area contributed by atoms with Crippen molar-refractivity contribution in [2.75, 3.05) is 10.1 Å². The second-order valence-electron chi connectivity index (χ2n) is 6.36. The van der Waals surface area contributed by atoms with Crippen molar-refractivity contribution in [3.63, 3.8) is 0 Å². The molecule has 7 heteroatoms. The van der Waals surface area contributed by atoms with E-state index in [0.29, 0.717) is 5.69 Å². The number of nitrogens with zero attached hydrogens (tertiary/aromatic N) is 1. The molecule has 3 rings (SSSR count). The topological polar surface area (TPSA) is 71.5 Å². The maximum Gasteiger partial charge on any atom is 0.264 e. The molecular weight excluding hydrogens is 370 g/mol. The van der Waals surface area contributed by atoms with E-state index >= 15 is 0 Å². The normalized spacial score (nSPS) is 18.8. The summed E-state index contributed by atoms with van der Waals surface area (Å²) in [5.74, 6) is -0.256. The van der Waals surface area contributed by atoms with Gasteiger partial charge in [-0.25, -0.2) is 16.8 Å². The van der Waals surface area contributed by atoms with Crippen LogP contribution in [-0.4, -0.2) is 28.6 Å². The summed E-state index contributed by atoms with van der Waals surface area (Å²) in [6, 6.07) is 13.0. The van der Waals surface area contributed by atoms with Crippen LogP contribution in [0.4, 0.5) is 5.69 Å². The lowest BCUT2D eigenvalue weighted by Crippen LogP contribution is -2.41. The molecule has 2 aromatic carbocycles. The van der Waals surface area contributed by atoms with Crippen LogP contribution >= 0.6 is 0 Å². The molecule has 2 aromatic rings. The molecule has 1 aliphatic rings. The Bertz CT molecular complexity index is 1020. The summed E-state index contributed by atoms with van der Waals surface area (Å²) in [5.41, 5.74) is 2.48. The summed E-state index contributed by atoms with van der Waals surface area (Å²) >= 11 is 0. The van der Waals surface area contributed by atoms with Gasteiger partial charge in [0.05, 0.1) is 22.4 Å². The summed E-state index contributed by atoms with van der Waals surface area (Å²) < 4.78 is 51.5. The van der Waals surface area contributed by atoms with Gasteiger partial charge in [0.2, 0.25) is 0 Å². The summed E-state index contributed by atoms with van der Waals surface area (Å²) in [6.45, 7) is 3.89. The first kappa shape index (κ1) is 18.7. The first-order valence-electron chi connectivity index (χ1n) is 8.34. The van der Waals surface area contributed by atoms with E-state index in [-0.39, 0.29) is 10.6 Å². The van der Waals surface area contributed by atoms with Crippen molar-refractivity contribution >= 4 is 25.5 Å². The molecule has 5 nitrogen and oxygen atoms in total. The minimum Gasteiger partial charge on any atom is -0.258 e. The molecule has 0 spiro atoms. The summed E-state index contributed by atoms with van der Waals surface area (Å²) in [7, 11) is -7.30. The number of rotatable bonds is 5. The van der Waals surface area contributed by atoms with E-state index < -0.39 is 25.9 Å². The second kappa shape index (κ2) is 6.89. The number of hydrogen-bond acceptors (Lipinski definition) is 4. The first-order valence-corrected chi connectivity index (χ1v) is 11.5. The van der Waals surface area contributed by atoms with Gasteiger partial charge in [0, 0.05) is 5.41 Å². The highest BCUT2D eigenvalue weighted by Gasteiger charge is 2.35. The van der Waals surface area contributed by atoms with Crippen LogP contribution < -0.4 is 4.31 Å². The van der Waals surface area contributed by atoms with Gasteiger partial charge in [-0.3, -0.25) is 4.31 Å². The minimum atomic E-state index is -3.91. The third kappa shape index (κ3) is 3.68. The van der Waals surface area contributed by atoms with E-state index in [9.17, 15) is 16.8 Å². The minimum absolute atomic E-state index is 0.139. The van der Waals surface area contributed by atoms with E-state index in [4.69, 9.17) is 0 Å². The number of anilines is 1. The Morgan fingerprint density at radius 1 is 1.04 bits per heavy atom. The van der Waals surface area contributed by atoms with Crippen molar-refractivity contribution in [2.24, 2.45) is 0 Å². The van der Waals surface area contributed by atoms with Crippen molar-refractivity contribution < 1.29 is 16.8 Å². The van der Waals surface area contributed by atoms with Gasteiger partial charge in [-0.2, -0.15) is 0 Å². The number of sulfonamides is 1. The molecule has 0 saturated heterocycles. The lowest BCUT2D eigenvalue weighted by Gasteiger charge is -2.29. The number of benzene rings is 2. The Kier molecular flexibility index (Phi) is 4.94. The van der Waals surface area contributed by atoms with Gasteiger partial charge < -0.3 is 0 Å². The SMILES string of the molecule is CCc1ccc(N([C@H]2C=CS(=O)(=O)C2)S(=O)(=O)c2ccc(C)cc2)cc1. The van der Waals surface area contributed by atoms with Crippen molar-refractivity contribution in [2.45, 2.75) is 31.2 Å². The van der Waals surface area contributed by atoms with Crippen molar-refractivity contribution in [3.8, 4) is 0 Å². The van der Waals surface area contributed by atoms with E-state index in [1.807, 2.05) is 26.0 Å². The molecule has 138 valence electrons. The number of hydrogen-bond donors (Lipinski definition) is 0. The van der Waals surface area contributed by atoms with E-state index in [1.165, 1.54) is 10.4 Å². The van der Waals surface area contributed by atoms with Crippen molar-refractivity contribution in [1.82, 2.24) is 0 Å². The van der Waals surface area contributed by atoms with Crippen molar-refractivity contribution in [3.05, 3.63) is 71.1 Å². The Balaban J connectivity index is 2.10. The first-order chi connectivity index (χ1) is 12.2. The molecule has 0 saturated carbocycles. The lowest BCUT2D eigenvalue weighted by atomic mass is 10.1. The van der Waals surface area contributed by atoms with E-state index in [2.05, 4.69) is 0 Å². The summed E-state index contributed by atoms with van der Waals surface area (Å²) in [5, 5.41) is 1.09. The molecule has 0 radical (unpaired) electrons. The molecule has 0 bridgehead atoms. The van der Waals surface area contributed by atoms with Gasteiger partial charge in [-0.05, 0) is 49.2 Å². The van der Waals surface area contributed by atoms with Crippen LogP contribution in [0.5, 0.6) is 0 Å². The lowest BCUT2D eigenvalue weighted by molar-refractivity contribution is 0.586. The average molecular weight is 392 g/mol. The smallest absolute Gasteiger partial charge is 0.258 e. The largest absolute Gasteiger partial charge is 0.264 e. The molecular formula is C19H21NO4S2. The molecule has 1 atom stereocenters. The zero-order chi connectivity index (χ0) is 18.9. The molecule has 26 heavy (non-hydrogen) atoms. The highest BCUT2D eigenvalue weighted by Crippen LogP contribution is 2.30. The maximum absolute atomic E-state index is 13.3. The Hall–Kier alpha value is -2.12. The van der Waals surface area contributed by atoms with E-state index in [0.717, 1.165) is 23.0 Å². The standard InChI is InChI=1S/C19H21NO4S2/c1-3-16-6-8-17(9-7-16)20(18-12-13-25(21,22)14-18)26(23,24)19-10-4-15(2)5-11-19/h4-13,18H,3,14H2,1-2H3/t18-/m0/s1. The Morgan fingerprint density at radius 2 is 1.65 bits per heavy atom. The monoisotopic (exact) mass is 391 g/mol. The highest BCUT2D eigenvalue weighted by molar-refractivity contribution is 7.95. The van der Waals surface area contributed by atoms with Crippen LogP contribution in [0.3, 0.4) is 0 Å². The fraction of sp³-hybridized carbons (Fsp3) is 0.263. The van der Waals surface area contributed by atoms with Crippen LogP contribution in [0.1, 0.15) is 18.1 Å². The van der Waals surface area contributed by atoms with Crippen LogP contribution in [0.15, 0.2) is 64.9 Å². The van der Waals surface area contributed by atoms with Crippen LogP contribution in [0, 0.1) is 6.92 Å². The van der Waals surface area contributed by atoms with Crippen molar-refractivity contribution in [1.29, 1.82) is 0 Å². The molecule has 1 heterocycles. The predicted molar refractivity (Wildman–Crippen MR) is 103 cm³/mol. The quantitative estimate of drug-likeness (QED) is 0.785. The predicted octanol–water partition coefficient (Wildman–Crippen LogP) is 3.06. The van der Waals surface area contributed by atoms with Gasteiger partial charge in [0.25, 0.3) is 10.0 Å². The zero-order valence-electron chi connectivity index (χ0n) is 14.7. The summed E-state index contributed by atoms with van der Waals surface area (Å²) in [4.78, 5) is 0.139. The third-order valence-corrected chi connectivity index (χ3v) is 7.63. The molecule has 0 aliphatic carbocycles. The zero-order valence-corrected chi connectivity index (χ0v) is 16.3. The molecule has 0 unspecified atom stereocenters. The van der Waals surface area contributed by atoms with Gasteiger partial charge in [0.15, 0.2) is 9.84 Å². The second-order valence-corrected chi connectivity index (χ2v) is 10.1. The number of aryl methyl sites for hydroxylation is 2. The fourth-order valence-corrected chi connectivity index (χ4v) is 5.89. The fourth-order valence-electron chi connectivity index (χ4n) is 2.92. The van der Waals surface area contributed by atoms with Gasteiger partial charge in [0.1, 0.15) is 0 Å². The summed E-state index contributed by atoms with van der Waals surface area (Å²) in [6.07, 6.45) is 2.28. The van der Waals surface area contributed by atoms with E-state index in [1.54, 1.807) is 36.4 Å². The highest BCUT2D eigenvalue weighted by atomic mass is 32.2. The van der Waals surface area contributed by atoms with Crippen LogP contribution in [0.2, 0.25) is 0 Å². The van der Waals surface area contributed by atoms with Gasteiger partial charge >= 0.3 is 0 Å². The Morgan fingerprint density at radius 3 is 2.15 bits per heavy atom. The van der Waals surface area contributed by atoms with Crippen LogP contribution in [-0.2, 0) is 26.3 Å². The molecule has 0 N–H and O–H groups in total. The Labute approximate surface area is 154 Å². The maximum atomic E-state index is 13.3. The molecule has 0 aromatic heterocycles.